The lowest BCUT2D eigenvalue weighted by Crippen LogP contribution is -2.18. The van der Waals surface area contributed by atoms with Crippen LogP contribution in [-0.4, -0.2) is 12.0 Å². The van der Waals surface area contributed by atoms with E-state index >= 15 is 0 Å². The van der Waals surface area contributed by atoms with Gasteiger partial charge >= 0.3 is 6.09 Å². The molecule has 2 aromatic rings. The molecule has 1 amide bonds. The minimum absolute atomic E-state index is 0.177. The average Bonchev–Trinajstić information content (AvgIpc) is 2.40. The molecule has 4 nitrogen and oxygen atoms in total. The van der Waals surface area contributed by atoms with Crippen LogP contribution in [0.2, 0.25) is 0 Å². The van der Waals surface area contributed by atoms with Gasteiger partial charge in [0.05, 0.1) is 0 Å². The molecule has 0 spiro atoms. The smallest absolute Gasteiger partial charge is 0.391 e. The van der Waals surface area contributed by atoms with Gasteiger partial charge in [-0.15, -0.1) is 0 Å². The third kappa shape index (κ3) is 3.18. The van der Waals surface area contributed by atoms with E-state index in [0.717, 1.165) is 0 Å². The Labute approximate surface area is 105 Å². The molecule has 0 bridgehead atoms. The second-order valence-electron chi connectivity index (χ2n) is 3.58. The number of hydrogen-bond donors (Lipinski definition) is 2. The normalized spacial score (nSPS) is 9.56. The summed E-state index contributed by atoms with van der Waals surface area (Å²) in [4.78, 5) is 11.5. The van der Waals surface area contributed by atoms with E-state index in [0.29, 0.717) is 11.3 Å². The highest BCUT2D eigenvalue weighted by atomic mass is 16.6. The fourth-order valence-electron chi connectivity index (χ4n) is 1.41. The van der Waals surface area contributed by atoms with Crippen LogP contribution in [0.4, 0.5) is 10.5 Å². The summed E-state index contributed by atoms with van der Waals surface area (Å²) in [6, 6.07) is 17.8. The summed E-state index contributed by atoms with van der Waals surface area (Å²) in [5.41, 5.74) is 1.18. The summed E-state index contributed by atoms with van der Waals surface area (Å²) in [6.45, 7) is 0. The van der Waals surface area contributed by atoms with Crippen LogP contribution in [0.15, 0.2) is 60.7 Å². The van der Waals surface area contributed by atoms with Crippen molar-refractivity contribution in [3.05, 3.63) is 66.2 Å². The number of anilines is 1. The molecular weight excluding hydrogens is 228 g/mol. The highest BCUT2D eigenvalue weighted by Crippen LogP contribution is 2.07. The summed E-state index contributed by atoms with van der Waals surface area (Å²) in [5, 5.41) is 10.2. The van der Waals surface area contributed by atoms with E-state index in [-0.39, 0.29) is 5.90 Å². The van der Waals surface area contributed by atoms with Crippen molar-refractivity contribution in [3.63, 3.8) is 0 Å². The van der Waals surface area contributed by atoms with Gasteiger partial charge in [-0.05, 0) is 24.3 Å². The number of carbonyl (C=O) groups is 1. The van der Waals surface area contributed by atoms with Crippen molar-refractivity contribution in [2.75, 3.05) is 5.32 Å². The number of rotatable bonds is 2. The van der Waals surface area contributed by atoms with Gasteiger partial charge in [-0.3, -0.25) is 10.7 Å². The topological polar surface area (TPSA) is 62.2 Å². The monoisotopic (exact) mass is 240 g/mol. The van der Waals surface area contributed by atoms with Crippen LogP contribution in [0.25, 0.3) is 0 Å². The molecule has 0 saturated heterocycles. The van der Waals surface area contributed by atoms with E-state index in [4.69, 9.17) is 10.1 Å². The minimum atomic E-state index is -0.671. The number of amides is 1. The highest BCUT2D eigenvalue weighted by Gasteiger charge is 2.08. The predicted molar refractivity (Wildman–Crippen MR) is 69.8 cm³/mol. The maximum Gasteiger partial charge on any atom is 0.418 e. The fraction of sp³-hybridized carbons (Fsp3) is 0. The molecule has 0 heterocycles. The second-order valence-corrected chi connectivity index (χ2v) is 3.58. The summed E-state index contributed by atoms with van der Waals surface area (Å²) in [5.74, 6) is -0.177. The van der Waals surface area contributed by atoms with Gasteiger partial charge in [0.1, 0.15) is 0 Å². The zero-order valence-corrected chi connectivity index (χ0v) is 9.59. The molecule has 90 valence electrons. The lowest BCUT2D eigenvalue weighted by molar-refractivity contribution is 0.212. The maximum atomic E-state index is 11.5. The molecule has 0 aliphatic carbocycles. The van der Waals surface area contributed by atoms with Crippen LogP contribution < -0.4 is 5.32 Å². The quantitative estimate of drug-likeness (QED) is 0.625. The van der Waals surface area contributed by atoms with Crippen molar-refractivity contribution in [2.24, 2.45) is 0 Å². The molecule has 18 heavy (non-hydrogen) atoms. The van der Waals surface area contributed by atoms with Gasteiger partial charge in [-0.1, -0.05) is 36.4 Å². The number of nitrogens with one attached hydrogen (secondary N) is 2. The molecule has 4 heteroatoms. The van der Waals surface area contributed by atoms with Gasteiger partial charge in [0.2, 0.25) is 5.90 Å². The molecule has 0 radical (unpaired) electrons. The van der Waals surface area contributed by atoms with Gasteiger partial charge in [0.25, 0.3) is 0 Å². The van der Waals surface area contributed by atoms with Gasteiger partial charge in [-0.2, -0.15) is 0 Å². The fourth-order valence-corrected chi connectivity index (χ4v) is 1.41. The van der Waals surface area contributed by atoms with E-state index in [1.807, 2.05) is 12.1 Å². The van der Waals surface area contributed by atoms with Crippen LogP contribution in [0.5, 0.6) is 0 Å². The van der Waals surface area contributed by atoms with E-state index < -0.39 is 6.09 Å². The highest BCUT2D eigenvalue weighted by molar-refractivity contribution is 6.01. The first-order valence-electron chi connectivity index (χ1n) is 5.43. The first kappa shape index (κ1) is 11.9. The predicted octanol–water partition coefficient (Wildman–Crippen LogP) is 3.26. The molecule has 0 aliphatic rings. The Balaban J connectivity index is 1.94. The number of benzene rings is 2. The van der Waals surface area contributed by atoms with E-state index in [2.05, 4.69) is 5.32 Å². The molecule has 2 aromatic carbocycles. The van der Waals surface area contributed by atoms with Gasteiger partial charge in [0, 0.05) is 11.3 Å². The second kappa shape index (κ2) is 5.63. The van der Waals surface area contributed by atoms with E-state index in [1.165, 1.54) is 0 Å². The number of hydrogen-bond acceptors (Lipinski definition) is 3. The Kier molecular flexibility index (Phi) is 3.71. The molecule has 0 unspecified atom stereocenters. The SMILES string of the molecule is N=C(OC(=O)Nc1ccccc1)c1ccccc1. The lowest BCUT2D eigenvalue weighted by atomic mass is 10.2. The first-order chi connectivity index (χ1) is 8.75. The van der Waals surface area contributed by atoms with Crippen molar-refractivity contribution >= 4 is 17.7 Å². The van der Waals surface area contributed by atoms with Crippen molar-refractivity contribution in [1.29, 1.82) is 5.41 Å². The Morgan fingerprint density at radius 3 is 2.11 bits per heavy atom. The third-order valence-corrected chi connectivity index (χ3v) is 2.25. The third-order valence-electron chi connectivity index (χ3n) is 2.25. The van der Waals surface area contributed by atoms with Crippen LogP contribution in [0.1, 0.15) is 5.56 Å². The van der Waals surface area contributed by atoms with Crippen molar-refractivity contribution in [2.45, 2.75) is 0 Å². The summed E-state index contributed by atoms with van der Waals surface area (Å²) >= 11 is 0. The summed E-state index contributed by atoms with van der Waals surface area (Å²) in [6.07, 6.45) is -0.671. The Bertz CT molecular complexity index is 538. The Hall–Kier alpha value is -2.62. The summed E-state index contributed by atoms with van der Waals surface area (Å²) < 4.78 is 4.87. The molecule has 0 aliphatic heterocycles. The minimum Gasteiger partial charge on any atom is -0.391 e. The maximum absolute atomic E-state index is 11.5. The van der Waals surface area contributed by atoms with Crippen molar-refractivity contribution < 1.29 is 9.53 Å². The van der Waals surface area contributed by atoms with E-state index in [9.17, 15) is 4.79 Å². The Morgan fingerprint density at radius 2 is 1.50 bits per heavy atom. The van der Waals surface area contributed by atoms with Gasteiger partial charge < -0.3 is 4.74 Å². The molecule has 2 N–H and O–H groups in total. The molecule has 0 atom stereocenters. The molecular formula is C14H12N2O2. The van der Waals surface area contributed by atoms with Crippen LogP contribution in [0.3, 0.4) is 0 Å². The lowest BCUT2D eigenvalue weighted by Gasteiger charge is -2.07. The van der Waals surface area contributed by atoms with Gasteiger partial charge in [0.15, 0.2) is 0 Å². The zero-order chi connectivity index (χ0) is 12.8. The molecule has 0 saturated carbocycles. The van der Waals surface area contributed by atoms with E-state index in [1.54, 1.807) is 48.5 Å². The number of ether oxygens (including phenoxy) is 1. The van der Waals surface area contributed by atoms with Crippen molar-refractivity contribution in [1.82, 2.24) is 0 Å². The van der Waals surface area contributed by atoms with Crippen LogP contribution in [0, 0.1) is 5.41 Å². The summed E-state index contributed by atoms with van der Waals surface area (Å²) in [7, 11) is 0. The standard InChI is InChI=1S/C14H12N2O2/c15-13(11-7-3-1-4-8-11)18-14(17)16-12-9-5-2-6-10-12/h1-10,15H,(H,16,17). The largest absolute Gasteiger partial charge is 0.418 e. The van der Waals surface area contributed by atoms with Gasteiger partial charge in [-0.25, -0.2) is 4.79 Å². The molecule has 0 aromatic heterocycles. The zero-order valence-electron chi connectivity index (χ0n) is 9.59. The Morgan fingerprint density at radius 1 is 0.944 bits per heavy atom. The van der Waals surface area contributed by atoms with Crippen molar-refractivity contribution in [3.8, 4) is 0 Å². The van der Waals surface area contributed by atoms with Crippen LogP contribution in [-0.2, 0) is 4.74 Å². The average molecular weight is 240 g/mol. The molecule has 0 fully saturated rings. The number of carbonyl (C=O) groups excluding carboxylic acids is 1. The first-order valence-corrected chi connectivity index (χ1v) is 5.43. The molecule has 2 rings (SSSR count). The van der Waals surface area contributed by atoms with Crippen LogP contribution >= 0.6 is 0 Å². The number of para-hydroxylation sites is 1.